The van der Waals surface area contributed by atoms with Gasteiger partial charge >= 0.3 is 0 Å². The van der Waals surface area contributed by atoms with E-state index in [9.17, 15) is 9.59 Å². The first-order valence-electron chi connectivity index (χ1n) is 7.65. The van der Waals surface area contributed by atoms with Gasteiger partial charge in [0.2, 0.25) is 0 Å². The number of nitrogens with one attached hydrogen (secondary N) is 1. The monoisotopic (exact) mass is 316 g/mol. The molecular weight excluding hydrogens is 296 g/mol. The first-order valence-corrected chi connectivity index (χ1v) is 7.65. The van der Waals surface area contributed by atoms with Crippen molar-refractivity contribution in [2.75, 3.05) is 20.8 Å². The van der Waals surface area contributed by atoms with Gasteiger partial charge in [-0.15, -0.1) is 0 Å². The summed E-state index contributed by atoms with van der Waals surface area (Å²) in [6, 6.07) is 7.26. The van der Waals surface area contributed by atoms with Crippen LogP contribution in [0.3, 0.4) is 0 Å². The number of nitrogens with zero attached hydrogens (tertiary/aromatic N) is 1. The fraction of sp³-hybridized carbons (Fsp3) is 0.412. The van der Waals surface area contributed by atoms with Crippen LogP contribution in [-0.4, -0.2) is 42.7 Å². The number of H-pyrrole nitrogens is 1. The lowest BCUT2D eigenvalue weighted by Gasteiger charge is -2.20. The van der Waals surface area contributed by atoms with Crippen LogP contribution in [0.15, 0.2) is 29.1 Å². The van der Waals surface area contributed by atoms with Crippen molar-refractivity contribution in [2.45, 2.75) is 25.5 Å². The molecule has 1 amide bonds. The van der Waals surface area contributed by atoms with Crippen LogP contribution in [0.4, 0.5) is 0 Å². The topological polar surface area (TPSA) is 71.6 Å². The Balaban J connectivity index is 1.85. The molecule has 122 valence electrons. The molecule has 0 aliphatic carbocycles. The van der Waals surface area contributed by atoms with Gasteiger partial charge in [0.05, 0.1) is 13.7 Å². The van der Waals surface area contributed by atoms with Crippen molar-refractivity contribution in [1.29, 1.82) is 0 Å². The van der Waals surface area contributed by atoms with Crippen molar-refractivity contribution >= 4 is 16.8 Å². The van der Waals surface area contributed by atoms with Crippen LogP contribution >= 0.6 is 0 Å². The molecule has 1 aliphatic heterocycles. The molecule has 0 unspecified atom stereocenters. The number of pyridine rings is 1. The minimum Gasteiger partial charge on any atom is -0.497 e. The lowest BCUT2D eigenvalue weighted by molar-refractivity contribution is -0.140. The Bertz CT molecular complexity index is 778. The number of hydrogen-bond acceptors (Lipinski definition) is 4. The van der Waals surface area contributed by atoms with Crippen LogP contribution in [0.5, 0.6) is 5.75 Å². The number of likely N-dealkylation sites (N-methyl/N-ethyl adjacent to an activating group) is 1. The number of ether oxygens (including phenoxy) is 2. The number of carbonyl (C=O) groups is 1. The fourth-order valence-electron chi connectivity index (χ4n) is 2.83. The zero-order valence-electron chi connectivity index (χ0n) is 13.3. The van der Waals surface area contributed by atoms with Crippen molar-refractivity contribution in [3.8, 4) is 5.75 Å². The van der Waals surface area contributed by atoms with Crippen LogP contribution in [0.25, 0.3) is 10.9 Å². The van der Waals surface area contributed by atoms with E-state index >= 15 is 0 Å². The van der Waals surface area contributed by atoms with Gasteiger partial charge in [-0.2, -0.15) is 0 Å². The summed E-state index contributed by atoms with van der Waals surface area (Å²) in [7, 11) is 3.29. The maximum Gasteiger partial charge on any atom is 0.253 e. The van der Waals surface area contributed by atoms with Gasteiger partial charge in [-0.25, -0.2) is 0 Å². The molecule has 0 bridgehead atoms. The van der Waals surface area contributed by atoms with Crippen LogP contribution in [0.2, 0.25) is 0 Å². The maximum absolute atomic E-state index is 12.3. The van der Waals surface area contributed by atoms with Crippen molar-refractivity contribution < 1.29 is 14.3 Å². The van der Waals surface area contributed by atoms with Crippen molar-refractivity contribution in [1.82, 2.24) is 9.88 Å². The molecule has 1 aromatic heterocycles. The summed E-state index contributed by atoms with van der Waals surface area (Å²) >= 11 is 0. The van der Waals surface area contributed by atoms with Gasteiger partial charge in [0.1, 0.15) is 11.9 Å². The third-order valence-electron chi connectivity index (χ3n) is 4.12. The van der Waals surface area contributed by atoms with E-state index in [2.05, 4.69) is 4.98 Å². The van der Waals surface area contributed by atoms with E-state index in [1.807, 2.05) is 6.07 Å². The molecule has 3 rings (SSSR count). The third kappa shape index (κ3) is 3.22. The molecule has 0 saturated carbocycles. The van der Waals surface area contributed by atoms with E-state index in [4.69, 9.17) is 9.47 Å². The van der Waals surface area contributed by atoms with Crippen LogP contribution < -0.4 is 10.3 Å². The summed E-state index contributed by atoms with van der Waals surface area (Å²) in [5, 5.41) is 0.872. The molecule has 6 heteroatoms. The second-order valence-electron chi connectivity index (χ2n) is 5.77. The first-order chi connectivity index (χ1) is 11.1. The zero-order valence-corrected chi connectivity index (χ0v) is 13.3. The van der Waals surface area contributed by atoms with E-state index in [1.165, 1.54) is 0 Å². The van der Waals surface area contributed by atoms with E-state index < -0.39 is 0 Å². The van der Waals surface area contributed by atoms with Crippen LogP contribution in [0.1, 0.15) is 18.4 Å². The van der Waals surface area contributed by atoms with E-state index in [0.717, 1.165) is 29.5 Å². The number of hydrogen-bond donors (Lipinski definition) is 1. The molecule has 0 radical (unpaired) electrons. The SMILES string of the molecule is COc1ccc2[nH]c(=O)c(CN(C)C(=O)[C@@H]3CCCO3)cc2c1. The van der Waals surface area contributed by atoms with Gasteiger partial charge in [0.25, 0.3) is 11.5 Å². The number of methoxy groups -OCH3 is 1. The number of rotatable bonds is 4. The average Bonchev–Trinajstić information content (AvgIpc) is 3.08. The lowest BCUT2D eigenvalue weighted by Crippen LogP contribution is -2.36. The second-order valence-corrected chi connectivity index (χ2v) is 5.77. The summed E-state index contributed by atoms with van der Waals surface area (Å²) in [5.41, 5.74) is 1.10. The summed E-state index contributed by atoms with van der Waals surface area (Å²) < 4.78 is 10.6. The smallest absolute Gasteiger partial charge is 0.253 e. The zero-order chi connectivity index (χ0) is 16.4. The first kappa shape index (κ1) is 15.6. The van der Waals surface area contributed by atoms with Gasteiger partial charge in [-0.05, 0) is 37.1 Å². The molecule has 2 aromatic rings. The Morgan fingerprint density at radius 1 is 1.43 bits per heavy atom. The van der Waals surface area contributed by atoms with Gasteiger partial charge in [0, 0.05) is 30.1 Å². The highest BCUT2D eigenvalue weighted by atomic mass is 16.5. The van der Waals surface area contributed by atoms with E-state index in [0.29, 0.717) is 12.2 Å². The molecule has 1 aromatic carbocycles. The maximum atomic E-state index is 12.3. The van der Waals surface area contributed by atoms with E-state index in [1.54, 1.807) is 37.3 Å². The van der Waals surface area contributed by atoms with Gasteiger partial charge in [0.15, 0.2) is 0 Å². The minimum atomic E-state index is -0.375. The van der Waals surface area contributed by atoms with Crippen molar-refractivity contribution in [3.05, 3.63) is 40.2 Å². The summed E-state index contributed by atoms with van der Waals surface area (Å²) in [5.74, 6) is 0.645. The van der Waals surface area contributed by atoms with Crippen molar-refractivity contribution in [3.63, 3.8) is 0 Å². The Morgan fingerprint density at radius 2 is 2.26 bits per heavy atom. The van der Waals surface area contributed by atoms with Crippen LogP contribution in [-0.2, 0) is 16.1 Å². The van der Waals surface area contributed by atoms with Gasteiger partial charge in [-0.1, -0.05) is 0 Å². The average molecular weight is 316 g/mol. The quantitative estimate of drug-likeness (QED) is 0.931. The highest BCUT2D eigenvalue weighted by Gasteiger charge is 2.26. The Morgan fingerprint density at radius 3 is 2.96 bits per heavy atom. The normalized spacial score (nSPS) is 17.4. The predicted octanol–water partition coefficient (Wildman–Crippen LogP) is 1.67. The van der Waals surface area contributed by atoms with Gasteiger partial charge in [-0.3, -0.25) is 9.59 Å². The number of aromatic amines is 1. The largest absolute Gasteiger partial charge is 0.497 e. The Hall–Kier alpha value is -2.34. The lowest BCUT2D eigenvalue weighted by atomic mass is 10.1. The molecule has 23 heavy (non-hydrogen) atoms. The molecule has 1 aliphatic rings. The Labute approximate surface area is 134 Å². The number of amides is 1. The van der Waals surface area contributed by atoms with Gasteiger partial charge < -0.3 is 19.4 Å². The highest BCUT2D eigenvalue weighted by molar-refractivity contribution is 5.82. The third-order valence-corrected chi connectivity index (χ3v) is 4.12. The number of aromatic nitrogens is 1. The molecule has 0 spiro atoms. The predicted molar refractivity (Wildman–Crippen MR) is 86.6 cm³/mol. The molecule has 1 saturated heterocycles. The van der Waals surface area contributed by atoms with Crippen LogP contribution in [0, 0.1) is 0 Å². The number of benzene rings is 1. The molecule has 1 N–H and O–H groups in total. The second kappa shape index (κ2) is 6.42. The number of fused-ring (bicyclic) bond motifs is 1. The summed E-state index contributed by atoms with van der Waals surface area (Å²) in [6.07, 6.45) is 1.27. The molecular formula is C17H20N2O4. The summed E-state index contributed by atoms with van der Waals surface area (Å²) in [6.45, 7) is 0.877. The molecule has 6 nitrogen and oxygen atoms in total. The molecule has 1 fully saturated rings. The highest BCUT2D eigenvalue weighted by Crippen LogP contribution is 2.20. The summed E-state index contributed by atoms with van der Waals surface area (Å²) in [4.78, 5) is 28.9. The molecule has 2 heterocycles. The van der Waals surface area contributed by atoms with Crippen molar-refractivity contribution in [2.24, 2.45) is 0 Å². The standard InChI is InChI=1S/C17H20N2O4/c1-19(17(21)15-4-3-7-23-15)10-12-8-11-9-13(22-2)5-6-14(11)18-16(12)20/h5-6,8-9,15H,3-4,7,10H2,1-2H3,(H,18,20)/t15-/m0/s1. The number of carbonyl (C=O) groups excluding carboxylic acids is 1. The van der Waals surface area contributed by atoms with E-state index in [-0.39, 0.29) is 24.1 Å². The fourth-order valence-corrected chi connectivity index (χ4v) is 2.83. The Kier molecular flexibility index (Phi) is 4.34. The minimum absolute atomic E-state index is 0.0763. The molecule has 1 atom stereocenters.